The standard InChI is InChI=1S/C15H24N2O/c1-11-6-7-14(13(3)9-11)15(18)17-8-4-5-12(2)10-16/h6-7,9,12H,4-5,8,10,16H2,1-3H3,(H,17,18). The highest BCUT2D eigenvalue weighted by molar-refractivity contribution is 5.95. The van der Waals surface area contributed by atoms with Crippen LogP contribution in [0.25, 0.3) is 0 Å². The van der Waals surface area contributed by atoms with Gasteiger partial charge in [0, 0.05) is 12.1 Å². The van der Waals surface area contributed by atoms with Crippen LogP contribution in [0.2, 0.25) is 0 Å². The van der Waals surface area contributed by atoms with Gasteiger partial charge in [0.1, 0.15) is 0 Å². The lowest BCUT2D eigenvalue weighted by atomic mass is 10.0. The molecule has 1 amide bonds. The maximum atomic E-state index is 12.0. The summed E-state index contributed by atoms with van der Waals surface area (Å²) >= 11 is 0. The quantitative estimate of drug-likeness (QED) is 0.760. The summed E-state index contributed by atoms with van der Waals surface area (Å²) in [6.45, 7) is 7.56. The summed E-state index contributed by atoms with van der Waals surface area (Å²) in [6, 6.07) is 5.90. The molecule has 1 atom stereocenters. The smallest absolute Gasteiger partial charge is 0.251 e. The highest BCUT2D eigenvalue weighted by atomic mass is 16.1. The minimum Gasteiger partial charge on any atom is -0.352 e. The second kappa shape index (κ2) is 7.17. The third-order valence-corrected chi connectivity index (χ3v) is 3.19. The van der Waals surface area contributed by atoms with Gasteiger partial charge in [-0.15, -0.1) is 0 Å². The first-order valence-electron chi connectivity index (χ1n) is 6.60. The van der Waals surface area contributed by atoms with Crippen LogP contribution in [0.15, 0.2) is 18.2 Å². The molecule has 0 aliphatic heterocycles. The number of rotatable bonds is 6. The van der Waals surface area contributed by atoms with Crippen LogP contribution in [-0.2, 0) is 0 Å². The first kappa shape index (κ1) is 14.7. The summed E-state index contributed by atoms with van der Waals surface area (Å²) in [5, 5.41) is 2.96. The van der Waals surface area contributed by atoms with Gasteiger partial charge >= 0.3 is 0 Å². The molecule has 3 nitrogen and oxygen atoms in total. The van der Waals surface area contributed by atoms with Crippen molar-refractivity contribution in [3.63, 3.8) is 0 Å². The highest BCUT2D eigenvalue weighted by Crippen LogP contribution is 2.10. The molecule has 1 rings (SSSR count). The first-order chi connectivity index (χ1) is 8.54. The molecule has 0 spiro atoms. The molecule has 0 heterocycles. The average Bonchev–Trinajstić information content (AvgIpc) is 2.34. The van der Waals surface area contributed by atoms with E-state index in [2.05, 4.69) is 12.2 Å². The van der Waals surface area contributed by atoms with Crippen LogP contribution in [0.3, 0.4) is 0 Å². The topological polar surface area (TPSA) is 55.1 Å². The van der Waals surface area contributed by atoms with Crippen LogP contribution in [0.4, 0.5) is 0 Å². The van der Waals surface area contributed by atoms with Crippen LogP contribution in [0.1, 0.15) is 41.3 Å². The Hall–Kier alpha value is -1.35. The number of benzene rings is 1. The van der Waals surface area contributed by atoms with E-state index in [0.29, 0.717) is 12.5 Å². The molecule has 0 fully saturated rings. The second-order valence-corrected chi connectivity index (χ2v) is 5.06. The van der Waals surface area contributed by atoms with E-state index in [1.807, 2.05) is 32.0 Å². The lowest BCUT2D eigenvalue weighted by molar-refractivity contribution is 0.0952. The van der Waals surface area contributed by atoms with Gasteiger partial charge in [0.25, 0.3) is 5.91 Å². The fourth-order valence-corrected chi connectivity index (χ4v) is 1.93. The Labute approximate surface area is 110 Å². The van der Waals surface area contributed by atoms with Crippen LogP contribution in [-0.4, -0.2) is 19.0 Å². The minimum atomic E-state index is 0.0212. The Morgan fingerprint density at radius 3 is 2.72 bits per heavy atom. The molecule has 0 bridgehead atoms. The summed E-state index contributed by atoms with van der Waals surface area (Å²) in [7, 11) is 0. The Bertz CT molecular complexity index is 401. The Balaban J connectivity index is 2.41. The SMILES string of the molecule is Cc1ccc(C(=O)NCCCC(C)CN)c(C)c1. The van der Waals surface area contributed by atoms with Crippen molar-refractivity contribution >= 4 is 5.91 Å². The molecule has 0 saturated carbocycles. The lowest BCUT2D eigenvalue weighted by Gasteiger charge is -2.10. The van der Waals surface area contributed by atoms with Crippen LogP contribution in [0, 0.1) is 19.8 Å². The van der Waals surface area contributed by atoms with Crippen molar-refractivity contribution in [3.05, 3.63) is 34.9 Å². The Kier molecular flexibility index (Phi) is 5.86. The van der Waals surface area contributed by atoms with Crippen molar-refractivity contribution in [2.24, 2.45) is 11.7 Å². The maximum Gasteiger partial charge on any atom is 0.251 e. The molecule has 100 valence electrons. The van der Waals surface area contributed by atoms with Gasteiger partial charge in [0.15, 0.2) is 0 Å². The van der Waals surface area contributed by atoms with Gasteiger partial charge in [-0.1, -0.05) is 24.6 Å². The zero-order valence-electron chi connectivity index (χ0n) is 11.6. The second-order valence-electron chi connectivity index (χ2n) is 5.06. The normalized spacial score (nSPS) is 12.2. The van der Waals surface area contributed by atoms with E-state index in [-0.39, 0.29) is 5.91 Å². The van der Waals surface area contributed by atoms with Crippen molar-refractivity contribution in [2.45, 2.75) is 33.6 Å². The molecule has 3 N–H and O–H groups in total. The zero-order valence-corrected chi connectivity index (χ0v) is 11.6. The van der Waals surface area contributed by atoms with Crippen LogP contribution >= 0.6 is 0 Å². The molecule has 0 aromatic heterocycles. The number of hydrogen-bond donors (Lipinski definition) is 2. The molecular weight excluding hydrogens is 224 g/mol. The van der Waals surface area contributed by atoms with E-state index in [9.17, 15) is 4.79 Å². The van der Waals surface area contributed by atoms with Gasteiger partial charge in [0.2, 0.25) is 0 Å². The molecule has 1 unspecified atom stereocenters. The summed E-state index contributed by atoms with van der Waals surface area (Å²) in [4.78, 5) is 12.0. The molecule has 0 saturated heterocycles. The van der Waals surface area contributed by atoms with Gasteiger partial charge in [-0.2, -0.15) is 0 Å². The van der Waals surface area contributed by atoms with Crippen molar-refractivity contribution in [1.82, 2.24) is 5.32 Å². The van der Waals surface area contributed by atoms with Gasteiger partial charge in [-0.3, -0.25) is 4.79 Å². The largest absolute Gasteiger partial charge is 0.352 e. The van der Waals surface area contributed by atoms with Gasteiger partial charge in [0.05, 0.1) is 0 Å². The van der Waals surface area contributed by atoms with E-state index in [4.69, 9.17) is 5.73 Å². The van der Waals surface area contributed by atoms with Crippen LogP contribution < -0.4 is 11.1 Å². The molecule has 1 aromatic carbocycles. The summed E-state index contributed by atoms with van der Waals surface area (Å²) in [6.07, 6.45) is 2.04. The number of hydrogen-bond acceptors (Lipinski definition) is 2. The number of carbonyl (C=O) groups excluding carboxylic acids is 1. The number of carbonyl (C=O) groups is 1. The minimum absolute atomic E-state index is 0.0212. The van der Waals surface area contributed by atoms with E-state index >= 15 is 0 Å². The van der Waals surface area contributed by atoms with Crippen molar-refractivity contribution in [2.75, 3.05) is 13.1 Å². The molecule has 18 heavy (non-hydrogen) atoms. The highest BCUT2D eigenvalue weighted by Gasteiger charge is 2.08. The molecule has 0 radical (unpaired) electrons. The third-order valence-electron chi connectivity index (χ3n) is 3.19. The fraction of sp³-hybridized carbons (Fsp3) is 0.533. The van der Waals surface area contributed by atoms with Gasteiger partial charge in [-0.05, 0) is 50.8 Å². The average molecular weight is 248 g/mol. The Morgan fingerprint density at radius 2 is 2.11 bits per heavy atom. The first-order valence-corrected chi connectivity index (χ1v) is 6.60. The predicted octanol–water partition coefficient (Wildman–Crippen LogP) is 2.41. The number of aryl methyl sites for hydroxylation is 2. The fourth-order valence-electron chi connectivity index (χ4n) is 1.93. The van der Waals surface area contributed by atoms with E-state index in [1.165, 1.54) is 5.56 Å². The molecule has 3 heteroatoms. The van der Waals surface area contributed by atoms with E-state index < -0.39 is 0 Å². The lowest BCUT2D eigenvalue weighted by Crippen LogP contribution is -2.25. The summed E-state index contributed by atoms with van der Waals surface area (Å²) < 4.78 is 0. The zero-order chi connectivity index (χ0) is 13.5. The molecule has 1 aromatic rings. The van der Waals surface area contributed by atoms with Gasteiger partial charge in [-0.25, -0.2) is 0 Å². The van der Waals surface area contributed by atoms with Crippen LogP contribution in [0.5, 0.6) is 0 Å². The summed E-state index contributed by atoms with van der Waals surface area (Å²) in [5.41, 5.74) is 8.53. The monoisotopic (exact) mass is 248 g/mol. The van der Waals surface area contributed by atoms with Crippen molar-refractivity contribution < 1.29 is 4.79 Å². The maximum absolute atomic E-state index is 12.0. The Morgan fingerprint density at radius 1 is 1.39 bits per heavy atom. The van der Waals surface area contributed by atoms with Crippen molar-refractivity contribution in [3.8, 4) is 0 Å². The van der Waals surface area contributed by atoms with E-state index in [0.717, 1.165) is 30.5 Å². The third kappa shape index (κ3) is 4.49. The van der Waals surface area contributed by atoms with Gasteiger partial charge < -0.3 is 11.1 Å². The molecule has 0 aliphatic carbocycles. The number of amides is 1. The number of nitrogens with one attached hydrogen (secondary N) is 1. The van der Waals surface area contributed by atoms with E-state index in [1.54, 1.807) is 0 Å². The molecule has 0 aliphatic rings. The predicted molar refractivity (Wildman–Crippen MR) is 75.7 cm³/mol. The van der Waals surface area contributed by atoms with Crippen molar-refractivity contribution in [1.29, 1.82) is 0 Å². The number of nitrogens with two attached hydrogens (primary N) is 1. The molecular formula is C15H24N2O. The summed E-state index contributed by atoms with van der Waals surface area (Å²) in [5.74, 6) is 0.552.